The Hall–Kier alpha value is -2.29. The number of ether oxygens (including phenoxy) is 2. The normalized spacial score (nSPS) is 27.0. The molecule has 5 atom stereocenters. The SMILES string of the molecule is O=C(O)c1cc(O)c(O[C@@H]2O[C@H](COS(=O)(=O)O)[C@@H](OS(=O)(=O)O)[C@H](O)[C@H]2O)c(O)c1. The number of carboxylic acid groups (broad SMARTS) is 1. The second-order valence-electron chi connectivity index (χ2n) is 5.99. The minimum absolute atomic E-state index is 0.548. The van der Waals surface area contributed by atoms with Gasteiger partial charge in [0.2, 0.25) is 12.0 Å². The van der Waals surface area contributed by atoms with Crippen LogP contribution in [0, 0.1) is 0 Å². The average Bonchev–Trinajstić information content (AvgIpc) is 2.60. The zero-order valence-electron chi connectivity index (χ0n) is 14.9. The molecule has 0 aliphatic carbocycles. The molecule has 1 heterocycles. The Labute approximate surface area is 173 Å². The third kappa shape index (κ3) is 6.59. The molecule has 0 bridgehead atoms. The number of phenols is 2. The molecule has 1 aromatic carbocycles. The highest BCUT2D eigenvalue weighted by molar-refractivity contribution is 7.81. The Kier molecular flexibility index (Phi) is 7.30. The van der Waals surface area contributed by atoms with Gasteiger partial charge in [0.25, 0.3) is 0 Å². The summed E-state index contributed by atoms with van der Waals surface area (Å²) in [6, 6.07) is 1.32. The summed E-state index contributed by atoms with van der Waals surface area (Å²) in [7, 11) is -10.4. The number of carbonyl (C=O) groups is 1. The summed E-state index contributed by atoms with van der Waals surface area (Å²) in [6.45, 7) is -1.21. The van der Waals surface area contributed by atoms with E-state index in [1.807, 2.05) is 0 Å². The van der Waals surface area contributed by atoms with Crippen LogP contribution in [0.4, 0.5) is 0 Å². The lowest BCUT2D eigenvalue weighted by Crippen LogP contribution is -2.61. The fourth-order valence-corrected chi connectivity index (χ4v) is 3.33. The second kappa shape index (κ2) is 9.06. The molecule has 1 aromatic rings. The van der Waals surface area contributed by atoms with Gasteiger partial charge >= 0.3 is 26.8 Å². The van der Waals surface area contributed by atoms with Crippen molar-refractivity contribution in [3.8, 4) is 17.2 Å². The number of aliphatic hydroxyl groups excluding tert-OH is 2. The highest BCUT2D eigenvalue weighted by Crippen LogP contribution is 2.39. The molecule has 2 rings (SSSR count). The maximum absolute atomic E-state index is 11.0. The summed E-state index contributed by atoms with van der Waals surface area (Å²) >= 11 is 0. The topological polar surface area (TPSA) is 264 Å². The molecule has 16 nitrogen and oxygen atoms in total. The number of aromatic carboxylic acids is 1. The maximum Gasteiger partial charge on any atom is 0.397 e. The Morgan fingerprint density at radius 3 is 2.00 bits per heavy atom. The summed E-state index contributed by atoms with van der Waals surface area (Å²) in [6.07, 6.45) is -10.6. The predicted octanol–water partition coefficient (Wildman–Crippen LogP) is -2.37. The van der Waals surface area contributed by atoms with E-state index in [0.717, 1.165) is 0 Å². The van der Waals surface area contributed by atoms with Gasteiger partial charge < -0.3 is 35.0 Å². The lowest BCUT2D eigenvalue weighted by Gasteiger charge is -2.41. The summed E-state index contributed by atoms with van der Waals surface area (Å²) in [5.41, 5.74) is -0.548. The van der Waals surface area contributed by atoms with E-state index in [1.165, 1.54) is 0 Å². The van der Waals surface area contributed by atoms with Crippen molar-refractivity contribution >= 4 is 26.8 Å². The van der Waals surface area contributed by atoms with Crippen LogP contribution < -0.4 is 4.74 Å². The van der Waals surface area contributed by atoms with Gasteiger partial charge in [0, 0.05) is 0 Å². The lowest BCUT2D eigenvalue weighted by atomic mass is 9.99. The van der Waals surface area contributed by atoms with Crippen molar-refractivity contribution < 1.29 is 74.1 Å². The number of hydrogen-bond donors (Lipinski definition) is 7. The quantitative estimate of drug-likeness (QED) is 0.187. The zero-order valence-corrected chi connectivity index (χ0v) is 16.5. The molecule has 0 saturated carbocycles. The van der Waals surface area contributed by atoms with Gasteiger partial charge in [0.1, 0.15) is 24.4 Å². The molecule has 1 aliphatic rings. The smallest absolute Gasteiger partial charge is 0.397 e. The first kappa shape index (κ1) is 25.0. The lowest BCUT2D eigenvalue weighted by molar-refractivity contribution is -0.271. The number of rotatable bonds is 8. The van der Waals surface area contributed by atoms with E-state index in [0.29, 0.717) is 12.1 Å². The molecule has 0 amide bonds. The molecule has 7 N–H and O–H groups in total. The van der Waals surface area contributed by atoms with Crippen molar-refractivity contribution in [2.24, 2.45) is 0 Å². The number of aliphatic hydroxyl groups is 2. The molecule has 0 radical (unpaired) electrons. The van der Waals surface area contributed by atoms with E-state index >= 15 is 0 Å². The summed E-state index contributed by atoms with van der Waals surface area (Å²) in [5, 5.41) is 48.8. The van der Waals surface area contributed by atoms with Crippen molar-refractivity contribution in [2.75, 3.05) is 6.61 Å². The summed E-state index contributed by atoms with van der Waals surface area (Å²) < 4.78 is 79.2. The van der Waals surface area contributed by atoms with Crippen LogP contribution in [0.3, 0.4) is 0 Å². The number of hydrogen-bond acceptors (Lipinski definition) is 13. The molecular weight excluding hydrogens is 476 g/mol. The molecule has 0 unspecified atom stereocenters. The summed E-state index contributed by atoms with van der Waals surface area (Å²) in [5.74, 6) is -4.23. The monoisotopic (exact) mass is 492 g/mol. The number of aromatic hydroxyl groups is 2. The van der Waals surface area contributed by atoms with E-state index in [-0.39, 0.29) is 0 Å². The van der Waals surface area contributed by atoms with Crippen molar-refractivity contribution in [1.82, 2.24) is 0 Å². The molecule has 18 heteroatoms. The molecule has 1 saturated heterocycles. The van der Waals surface area contributed by atoms with E-state index in [2.05, 4.69) is 8.37 Å². The summed E-state index contributed by atoms with van der Waals surface area (Å²) in [4.78, 5) is 10.9. The maximum atomic E-state index is 11.0. The molecule has 176 valence electrons. The Bertz CT molecular complexity index is 1010. The van der Waals surface area contributed by atoms with Crippen LogP contribution in [0.5, 0.6) is 17.2 Å². The minimum atomic E-state index is -5.26. The number of phenolic OH excluding ortho intramolecular Hbond substituents is 2. The van der Waals surface area contributed by atoms with Gasteiger partial charge in [-0.2, -0.15) is 16.8 Å². The van der Waals surface area contributed by atoms with Gasteiger partial charge in [-0.1, -0.05) is 0 Å². The first-order valence-electron chi connectivity index (χ1n) is 7.84. The van der Waals surface area contributed by atoms with Crippen LogP contribution >= 0.6 is 0 Å². The molecule has 1 fully saturated rings. The van der Waals surface area contributed by atoms with Gasteiger partial charge in [-0.25, -0.2) is 13.2 Å². The average molecular weight is 492 g/mol. The largest absolute Gasteiger partial charge is 0.504 e. The van der Waals surface area contributed by atoms with E-state index in [9.17, 15) is 42.1 Å². The van der Waals surface area contributed by atoms with Gasteiger partial charge in [-0.15, -0.1) is 0 Å². The Balaban J connectivity index is 2.34. The highest BCUT2D eigenvalue weighted by Gasteiger charge is 2.49. The Morgan fingerprint density at radius 2 is 1.55 bits per heavy atom. The van der Waals surface area contributed by atoms with Crippen molar-refractivity contribution in [2.45, 2.75) is 30.7 Å². The van der Waals surface area contributed by atoms with Gasteiger partial charge in [0.15, 0.2) is 11.5 Å². The van der Waals surface area contributed by atoms with Crippen LogP contribution in [0.1, 0.15) is 10.4 Å². The van der Waals surface area contributed by atoms with Crippen molar-refractivity contribution in [3.63, 3.8) is 0 Å². The zero-order chi connectivity index (χ0) is 23.7. The number of carboxylic acids is 1. The number of benzene rings is 1. The van der Waals surface area contributed by atoms with Crippen LogP contribution in [0.15, 0.2) is 12.1 Å². The first-order chi connectivity index (χ1) is 14.1. The highest BCUT2D eigenvalue weighted by atomic mass is 32.3. The molecule has 0 spiro atoms. The molecule has 1 aliphatic heterocycles. The van der Waals surface area contributed by atoms with Crippen molar-refractivity contribution in [3.05, 3.63) is 17.7 Å². The molecular formula is C13H16O16S2. The second-order valence-corrected chi connectivity index (χ2v) is 8.13. The van der Waals surface area contributed by atoms with E-state index < -0.39 is 86.9 Å². The van der Waals surface area contributed by atoms with Gasteiger partial charge in [-0.05, 0) is 12.1 Å². The predicted molar refractivity (Wildman–Crippen MR) is 92.0 cm³/mol. The standard InChI is InChI=1S/C13H16O16S2/c14-5-1-4(12(18)19)2-6(15)10(5)28-13-9(17)8(16)11(29-31(23,24)25)7(27-13)3-26-30(20,21)22/h1-2,7-9,11,13-17H,3H2,(H,18,19)(H,20,21,22)(H,23,24,25)/t7-,8-,9-,11-,13+/m1/s1. The van der Waals surface area contributed by atoms with E-state index in [4.69, 9.17) is 23.7 Å². The third-order valence-corrected chi connectivity index (χ3v) is 4.68. The minimum Gasteiger partial charge on any atom is -0.504 e. The fraction of sp³-hybridized carbons (Fsp3) is 0.462. The van der Waals surface area contributed by atoms with Crippen LogP contribution in [-0.4, -0.2) is 94.8 Å². The van der Waals surface area contributed by atoms with Crippen LogP contribution in [-0.2, 0) is 33.9 Å². The van der Waals surface area contributed by atoms with Crippen LogP contribution in [0.2, 0.25) is 0 Å². The fourth-order valence-electron chi connectivity index (χ4n) is 2.51. The molecule has 0 aromatic heterocycles. The van der Waals surface area contributed by atoms with E-state index in [1.54, 1.807) is 0 Å². The molecule has 31 heavy (non-hydrogen) atoms. The van der Waals surface area contributed by atoms with Gasteiger partial charge in [-0.3, -0.25) is 9.11 Å². The first-order valence-corrected chi connectivity index (χ1v) is 10.6. The van der Waals surface area contributed by atoms with Crippen molar-refractivity contribution in [1.29, 1.82) is 0 Å². The Morgan fingerprint density at radius 1 is 1.00 bits per heavy atom. The third-order valence-electron chi connectivity index (χ3n) is 3.79. The van der Waals surface area contributed by atoms with Crippen LogP contribution in [0.25, 0.3) is 0 Å². The van der Waals surface area contributed by atoms with Gasteiger partial charge in [0.05, 0.1) is 12.2 Å².